The Hall–Kier alpha value is -3.74. The molecule has 3 rings (SSSR count). The Morgan fingerprint density at radius 2 is 1.48 bits per heavy atom. The van der Waals surface area contributed by atoms with Crippen molar-refractivity contribution in [3.05, 3.63) is 77.1 Å². The molecule has 0 saturated carbocycles. The van der Waals surface area contributed by atoms with E-state index in [1.54, 1.807) is 45.9 Å². The Kier molecular flexibility index (Phi) is 7.32. The number of pyridine rings is 1. The lowest BCUT2D eigenvalue weighted by atomic mass is 10.1. The molecule has 0 aliphatic rings. The molecule has 0 fully saturated rings. The zero-order valence-corrected chi connectivity index (χ0v) is 18.1. The molecular weight excluding hydrogens is 396 g/mol. The molecule has 31 heavy (non-hydrogen) atoms. The van der Waals surface area contributed by atoms with Crippen molar-refractivity contribution >= 4 is 5.91 Å². The van der Waals surface area contributed by atoms with E-state index in [1.165, 1.54) is 0 Å². The third-order valence-corrected chi connectivity index (χ3v) is 4.84. The summed E-state index contributed by atoms with van der Waals surface area (Å²) in [6.07, 6.45) is 3.45. The Morgan fingerprint density at radius 3 is 2.10 bits per heavy atom. The number of benzene rings is 2. The average molecular weight is 422 g/mol. The largest absolute Gasteiger partial charge is 0.496 e. The maximum atomic E-state index is 12.7. The molecule has 1 N–H and O–H groups in total. The van der Waals surface area contributed by atoms with Crippen molar-refractivity contribution < 1.29 is 23.7 Å². The molecule has 0 saturated heterocycles. The van der Waals surface area contributed by atoms with Crippen LogP contribution in [0.25, 0.3) is 0 Å². The third kappa shape index (κ3) is 5.45. The molecule has 1 amide bonds. The topological polar surface area (TPSA) is 78.9 Å². The van der Waals surface area contributed by atoms with Crippen LogP contribution in [0, 0.1) is 6.92 Å². The van der Waals surface area contributed by atoms with Crippen LogP contribution in [-0.4, -0.2) is 32.2 Å². The van der Waals surface area contributed by atoms with Gasteiger partial charge in [-0.15, -0.1) is 0 Å². The van der Waals surface area contributed by atoms with Crippen LogP contribution >= 0.6 is 0 Å². The number of hydrogen-bond acceptors (Lipinski definition) is 6. The second-order valence-electron chi connectivity index (χ2n) is 6.82. The zero-order chi connectivity index (χ0) is 22.2. The van der Waals surface area contributed by atoms with Gasteiger partial charge in [-0.3, -0.25) is 9.78 Å². The van der Waals surface area contributed by atoms with Crippen molar-refractivity contribution in [3.63, 3.8) is 0 Å². The number of amides is 1. The molecule has 0 aliphatic carbocycles. The zero-order valence-electron chi connectivity index (χ0n) is 18.1. The molecule has 0 aliphatic heterocycles. The molecule has 1 aromatic heterocycles. The summed E-state index contributed by atoms with van der Waals surface area (Å²) in [5, 5.41) is 2.91. The first-order valence-electron chi connectivity index (χ1n) is 9.75. The van der Waals surface area contributed by atoms with Crippen molar-refractivity contribution in [1.29, 1.82) is 0 Å². The number of rotatable bonds is 9. The van der Waals surface area contributed by atoms with E-state index in [2.05, 4.69) is 10.3 Å². The summed E-state index contributed by atoms with van der Waals surface area (Å²) in [4.78, 5) is 16.7. The molecule has 0 unspecified atom stereocenters. The molecule has 2 aromatic carbocycles. The predicted octanol–water partition coefficient (Wildman–Crippen LogP) is 3.92. The summed E-state index contributed by atoms with van der Waals surface area (Å²) in [6.45, 7) is 2.62. The third-order valence-electron chi connectivity index (χ3n) is 4.84. The number of methoxy groups -OCH3 is 3. The van der Waals surface area contributed by atoms with Gasteiger partial charge in [-0.25, -0.2) is 0 Å². The summed E-state index contributed by atoms with van der Waals surface area (Å²) in [5.41, 5.74) is 3.20. The molecule has 7 nitrogen and oxygen atoms in total. The monoisotopic (exact) mass is 422 g/mol. The number of nitrogens with one attached hydrogen (secondary N) is 1. The van der Waals surface area contributed by atoms with Crippen LogP contribution in [-0.2, 0) is 13.2 Å². The Balaban J connectivity index is 1.67. The van der Waals surface area contributed by atoms with E-state index in [1.807, 2.05) is 37.3 Å². The molecule has 3 aromatic rings. The number of aromatic nitrogens is 1. The van der Waals surface area contributed by atoms with Gasteiger partial charge in [0, 0.05) is 30.1 Å². The van der Waals surface area contributed by atoms with E-state index in [0.29, 0.717) is 41.7 Å². The standard InChI is InChI=1S/C24H26N2O5/c1-16-21(28-2)12-19(13-22(16)29-3)24(27)26-14-18-5-6-20(23(11-18)30-4)31-15-17-7-9-25-10-8-17/h5-13H,14-15H2,1-4H3,(H,26,27). The lowest BCUT2D eigenvalue weighted by molar-refractivity contribution is 0.0950. The normalized spacial score (nSPS) is 10.3. The number of carbonyl (C=O) groups is 1. The van der Waals surface area contributed by atoms with Crippen LogP contribution < -0.4 is 24.3 Å². The number of carbonyl (C=O) groups excluding carboxylic acids is 1. The molecule has 7 heteroatoms. The van der Waals surface area contributed by atoms with Gasteiger partial charge in [-0.05, 0) is 54.4 Å². The number of ether oxygens (including phenoxy) is 4. The minimum Gasteiger partial charge on any atom is -0.496 e. The van der Waals surface area contributed by atoms with Gasteiger partial charge >= 0.3 is 0 Å². The van der Waals surface area contributed by atoms with Gasteiger partial charge in [0.15, 0.2) is 11.5 Å². The minimum absolute atomic E-state index is 0.228. The van der Waals surface area contributed by atoms with Crippen molar-refractivity contribution in [2.75, 3.05) is 21.3 Å². The fraction of sp³-hybridized carbons (Fsp3) is 0.250. The van der Waals surface area contributed by atoms with Crippen LogP contribution in [0.1, 0.15) is 27.0 Å². The molecule has 0 atom stereocenters. The summed E-state index contributed by atoms with van der Waals surface area (Å²) in [5.74, 6) is 2.19. The van der Waals surface area contributed by atoms with E-state index in [9.17, 15) is 4.79 Å². The Morgan fingerprint density at radius 1 is 0.839 bits per heavy atom. The van der Waals surface area contributed by atoms with Crippen molar-refractivity contribution in [3.8, 4) is 23.0 Å². The number of nitrogens with zero attached hydrogens (tertiary/aromatic N) is 1. The van der Waals surface area contributed by atoms with Crippen LogP contribution in [0.5, 0.6) is 23.0 Å². The van der Waals surface area contributed by atoms with Gasteiger partial charge in [0.1, 0.15) is 18.1 Å². The van der Waals surface area contributed by atoms with Crippen molar-refractivity contribution in [2.24, 2.45) is 0 Å². The first kappa shape index (κ1) is 22.0. The molecular formula is C24H26N2O5. The van der Waals surface area contributed by atoms with Gasteiger partial charge in [-0.2, -0.15) is 0 Å². The maximum Gasteiger partial charge on any atom is 0.251 e. The Labute approximate surface area is 181 Å². The summed E-state index contributed by atoms with van der Waals surface area (Å²) >= 11 is 0. The van der Waals surface area contributed by atoms with Crippen LogP contribution in [0.15, 0.2) is 54.9 Å². The quantitative estimate of drug-likeness (QED) is 0.563. The smallest absolute Gasteiger partial charge is 0.251 e. The number of hydrogen-bond donors (Lipinski definition) is 1. The van der Waals surface area contributed by atoms with Gasteiger partial charge < -0.3 is 24.3 Å². The lowest BCUT2D eigenvalue weighted by Crippen LogP contribution is -2.23. The average Bonchev–Trinajstić information content (AvgIpc) is 2.82. The second-order valence-corrected chi connectivity index (χ2v) is 6.82. The van der Waals surface area contributed by atoms with Crippen molar-refractivity contribution in [1.82, 2.24) is 10.3 Å². The fourth-order valence-electron chi connectivity index (χ4n) is 3.08. The van der Waals surface area contributed by atoms with Crippen LogP contribution in [0.2, 0.25) is 0 Å². The summed E-state index contributed by atoms with van der Waals surface area (Å²) < 4.78 is 22.0. The van der Waals surface area contributed by atoms with Gasteiger partial charge in [-0.1, -0.05) is 6.07 Å². The first-order chi connectivity index (χ1) is 15.0. The molecule has 0 bridgehead atoms. The molecule has 1 heterocycles. The highest BCUT2D eigenvalue weighted by Crippen LogP contribution is 2.30. The molecule has 0 spiro atoms. The second kappa shape index (κ2) is 10.3. The van der Waals surface area contributed by atoms with E-state index in [0.717, 1.165) is 16.7 Å². The fourth-order valence-corrected chi connectivity index (χ4v) is 3.08. The van der Waals surface area contributed by atoms with Crippen molar-refractivity contribution in [2.45, 2.75) is 20.1 Å². The molecule has 0 radical (unpaired) electrons. The van der Waals surface area contributed by atoms with Crippen LogP contribution in [0.3, 0.4) is 0 Å². The maximum absolute atomic E-state index is 12.7. The van der Waals surface area contributed by atoms with E-state index >= 15 is 0 Å². The van der Waals surface area contributed by atoms with E-state index in [4.69, 9.17) is 18.9 Å². The highest BCUT2D eigenvalue weighted by atomic mass is 16.5. The SMILES string of the molecule is COc1cc(CNC(=O)c2cc(OC)c(C)c(OC)c2)ccc1OCc1ccncc1. The summed E-state index contributed by atoms with van der Waals surface area (Å²) in [6, 6.07) is 12.8. The predicted molar refractivity (Wildman–Crippen MR) is 117 cm³/mol. The van der Waals surface area contributed by atoms with Gasteiger partial charge in [0.2, 0.25) is 0 Å². The van der Waals surface area contributed by atoms with E-state index < -0.39 is 0 Å². The Bertz CT molecular complexity index is 1010. The van der Waals surface area contributed by atoms with Gasteiger partial charge in [0.05, 0.1) is 21.3 Å². The lowest BCUT2D eigenvalue weighted by Gasteiger charge is -2.14. The highest BCUT2D eigenvalue weighted by molar-refractivity contribution is 5.95. The van der Waals surface area contributed by atoms with Crippen LogP contribution in [0.4, 0.5) is 0 Å². The summed E-state index contributed by atoms with van der Waals surface area (Å²) in [7, 11) is 4.71. The highest BCUT2D eigenvalue weighted by Gasteiger charge is 2.14. The van der Waals surface area contributed by atoms with E-state index in [-0.39, 0.29) is 5.91 Å². The molecule has 162 valence electrons. The van der Waals surface area contributed by atoms with Gasteiger partial charge in [0.25, 0.3) is 5.91 Å². The minimum atomic E-state index is -0.228. The first-order valence-corrected chi connectivity index (χ1v) is 9.75.